The average molecular weight is 285 g/mol. The second-order valence-corrected chi connectivity index (χ2v) is 6.22. The first-order chi connectivity index (χ1) is 8.92. The number of hydrogen-bond donors (Lipinski definition) is 0. The molecule has 0 bridgehead atoms. The lowest BCUT2D eigenvalue weighted by molar-refractivity contribution is 0.309. The van der Waals surface area contributed by atoms with Crippen molar-refractivity contribution in [2.75, 3.05) is 12.4 Å². The Bertz CT molecular complexity index is 465. The largest absolute Gasteiger partial charge is 0.748 e. The highest BCUT2D eigenvalue weighted by Gasteiger charge is 2.02. The van der Waals surface area contributed by atoms with Crippen LogP contribution in [0, 0.1) is 0 Å². The molecule has 0 heterocycles. The molecular weight excluding hydrogens is 264 g/mol. The fourth-order valence-electron chi connectivity index (χ4n) is 1.70. The molecule has 1 rings (SSSR count). The molecule has 0 aliphatic heterocycles. The van der Waals surface area contributed by atoms with Crippen LogP contribution in [-0.4, -0.2) is 25.3 Å². The summed E-state index contributed by atoms with van der Waals surface area (Å²) in [7, 11) is -4.09. The van der Waals surface area contributed by atoms with Gasteiger partial charge < -0.3 is 9.29 Å². The number of rotatable bonds is 8. The molecular formula is C14H21O4S-. The molecule has 0 fully saturated rings. The van der Waals surface area contributed by atoms with Crippen molar-refractivity contribution in [2.24, 2.45) is 0 Å². The van der Waals surface area contributed by atoms with Crippen molar-refractivity contribution in [2.45, 2.75) is 39.0 Å². The lowest BCUT2D eigenvalue weighted by Crippen LogP contribution is -2.06. The quantitative estimate of drug-likeness (QED) is 0.544. The van der Waals surface area contributed by atoms with Gasteiger partial charge in [0, 0.05) is 5.75 Å². The minimum Gasteiger partial charge on any atom is -0.748 e. The van der Waals surface area contributed by atoms with Crippen LogP contribution in [0.15, 0.2) is 24.3 Å². The monoisotopic (exact) mass is 285 g/mol. The molecule has 5 heteroatoms. The maximum atomic E-state index is 10.4. The van der Waals surface area contributed by atoms with E-state index in [2.05, 4.69) is 13.8 Å². The van der Waals surface area contributed by atoms with Gasteiger partial charge in [-0.15, -0.1) is 0 Å². The third-order valence-corrected chi connectivity index (χ3v) is 3.91. The van der Waals surface area contributed by atoms with E-state index in [9.17, 15) is 13.0 Å². The Morgan fingerprint density at radius 1 is 1.21 bits per heavy atom. The molecule has 0 aromatic heterocycles. The van der Waals surface area contributed by atoms with E-state index < -0.39 is 10.1 Å². The molecule has 1 unspecified atom stereocenters. The van der Waals surface area contributed by atoms with E-state index in [-0.39, 0.29) is 5.75 Å². The van der Waals surface area contributed by atoms with Gasteiger partial charge in [0.15, 0.2) is 0 Å². The fraction of sp³-hybridized carbons (Fsp3) is 0.571. The summed E-state index contributed by atoms with van der Waals surface area (Å²) in [6, 6.07) is 7.94. The number of unbranched alkanes of at least 4 members (excludes halogenated alkanes) is 1. The maximum absolute atomic E-state index is 10.4. The van der Waals surface area contributed by atoms with Crippen molar-refractivity contribution >= 4 is 10.1 Å². The van der Waals surface area contributed by atoms with Crippen molar-refractivity contribution in [3.8, 4) is 5.75 Å². The van der Waals surface area contributed by atoms with Crippen LogP contribution in [0.25, 0.3) is 0 Å². The smallest absolute Gasteiger partial charge is 0.119 e. The van der Waals surface area contributed by atoms with E-state index in [0.717, 1.165) is 12.2 Å². The zero-order chi connectivity index (χ0) is 14.3. The highest BCUT2D eigenvalue weighted by Crippen LogP contribution is 2.21. The normalized spacial score (nSPS) is 13.2. The summed E-state index contributed by atoms with van der Waals surface area (Å²) in [4.78, 5) is 0. The fourth-order valence-corrected chi connectivity index (χ4v) is 2.26. The molecule has 0 aliphatic rings. The molecule has 0 aliphatic carbocycles. The molecule has 0 N–H and O–H groups in total. The zero-order valence-electron chi connectivity index (χ0n) is 11.5. The minimum absolute atomic E-state index is 0.316. The third kappa shape index (κ3) is 6.59. The molecule has 0 spiro atoms. The molecule has 19 heavy (non-hydrogen) atoms. The van der Waals surface area contributed by atoms with E-state index in [1.165, 1.54) is 5.56 Å². The Labute approximate surface area is 115 Å². The van der Waals surface area contributed by atoms with Crippen LogP contribution < -0.4 is 4.74 Å². The van der Waals surface area contributed by atoms with Gasteiger partial charge in [-0.2, -0.15) is 0 Å². The van der Waals surface area contributed by atoms with Crippen molar-refractivity contribution in [1.82, 2.24) is 0 Å². The van der Waals surface area contributed by atoms with E-state index in [1.807, 2.05) is 24.3 Å². The number of benzene rings is 1. The van der Waals surface area contributed by atoms with Gasteiger partial charge >= 0.3 is 0 Å². The minimum atomic E-state index is -4.09. The van der Waals surface area contributed by atoms with Gasteiger partial charge in [-0.25, -0.2) is 8.42 Å². The Morgan fingerprint density at radius 2 is 1.84 bits per heavy atom. The van der Waals surface area contributed by atoms with Gasteiger partial charge in [-0.3, -0.25) is 0 Å². The molecule has 1 aromatic rings. The first-order valence-corrected chi connectivity index (χ1v) is 8.16. The molecule has 0 amide bonds. The summed E-state index contributed by atoms with van der Waals surface area (Å²) >= 11 is 0. The first kappa shape index (κ1) is 16.0. The Kier molecular flexibility index (Phi) is 6.31. The SMILES string of the molecule is CCC(C)c1ccc(OCCCCS(=O)(=O)[O-])cc1. The number of ether oxygens (including phenoxy) is 1. The first-order valence-electron chi connectivity index (χ1n) is 6.58. The lowest BCUT2D eigenvalue weighted by atomic mass is 9.99. The van der Waals surface area contributed by atoms with Crippen LogP contribution in [-0.2, 0) is 10.1 Å². The van der Waals surface area contributed by atoms with Crippen LogP contribution in [0.4, 0.5) is 0 Å². The van der Waals surface area contributed by atoms with Crippen LogP contribution in [0.3, 0.4) is 0 Å². The van der Waals surface area contributed by atoms with Gasteiger partial charge in [0.2, 0.25) is 0 Å². The van der Waals surface area contributed by atoms with Gasteiger partial charge in [0.1, 0.15) is 5.75 Å². The molecule has 0 saturated carbocycles. The molecule has 0 radical (unpaired) electrons. The van der Waals surface area contributed by atoms with Crippen LogP contribution in [0.1, 0.15) is 44.6 Å². The van der Waals surface area contributed by atoms with Crippen molar-refractivity contribution in [1.29, 1.82) is 0 Å². The molecule has 0 saturated heterocycles. The molecule has 1 atom stereocenters. The van der Waals surface area contributed by atoms with Crippen molar-refractivity contribution in [3.05, 3.63) is 29.8 Å². The zero-order valence-corrected chi connectivity index (χ0v) is 12.3. The van der Waals surface area contributed by atoms with Crippen molar-refractivity contribution < 1.29 is 17.7 Å². The maximum Gasteiger partial charge on any atom is 0.119 e. The lowest BCUT2D eigenvalue weighted by Gasteiger charge is -2.11. The Balaban J connectivity index is 2.30. The predicted octanol–water partition coefficient (Wildman–Crippen LogP) is 2.90. The molecule has 4 nitrogen and oxygen atoms in total. The van der Waals surface area contributed by atoms with Crippen LogP contribution in [0.5, 0.6) is 5.75 Å². The van der Waals surface area contributed by atoms with Crippen molar-refractivity contribution in [3.63, 3.8) is 0 Å². The average Bonchev–Trinajstić information content (AvgIpc) is 2.37. The summed E-state index contributed by atoms with van der Waals surface area (Å²) in [5.41, 5.74) is 1.28. The number of hydrogen-bond acceptors (Lipinski definition) is 4. The van der Waals surface area contributed by atoms with E-state index in [0.29, 0.717) is 25.4 Å². The summed E-state index contributed by atoms with van der Waals surface area (Å²) in [6.07, 6.45) is 2.01. The molecule has 108 valence electrons. The summed E-state index contributed by atoms with van der Waals surface area (Å²) in [6.45, 7) is 4.76. The standard InChI is InChI=1S/C14H22O4S/c1-3-12(2)13-6-8-14(9-7-13)18-10-4-5-11-19(15,16)17/h6-9,12H,3-5,10-11H2,1-2H3,(H,15,16,17)/p-1. The second-order valence-electron chi connectivity index (χ2n) is 4.70. The summed E-state index contributed by atoms with van der Waals surface area (Å²) < 4.78 is 36.7. The topological polar surface area (TPSA) is 66.4 Å². The van der Waals surface area contributed by atoms with Crippen LogP contribution >= 0.6 is 0 Å². The second kappa shape index (κ2) is 7.50. The van der Waals surface area contributed by atoms with Gasteiger partial charge in [0.25, 0.3) is 0 Å². The van der Waals surface area contributed by atoms with Gasteiger partial charge in [-0.1, -0.05) is 26.0 Å². The van der Waals surface area contributed by atoms with Gasteiger partial charge in [-0.05, 0) is 42.9 Å². The molecule has 1 aromatic carbocycles. The highest BCUT2D eigenvalue weighted by atomic mass is 32.2. The Morgan fingerprint density at radius 3 is 2.37 bits per heavy atom. The predicted molar refractivity (Wildman–Crippen MR) is 74.4 cm³/mol. The van der Waals surface area contributed by atoms with E-state index >= 15 is 0 Å². The third-order valence-electron chi connectivity index (χ3n) is 3.12. The van der Waals surface area contributed by atoms with Crippen LogP contribution in [0.2, 0.25) is 0 Å². The Hall–Kier alpha value is -1.07. The van der Waals surface area contributed by atoms with E-state index in [1.54, 1.807) is 0 Å². The van der Waals surface area contributed by atoms with Gasteiger partial charge in [0.05, 0.1) is 16.7 Å². The van der Waals surface area contributed by atoms with E-state index in [4.69, 9.17) is 4.74 Å². The summed E-state index contributed by atoms with van der Waals surface area (Å²) in [5, 5.41) is 0. The highest BCUT2D eigenvalue weighted by molar-refractivity contribution is 7.85. The summed E-state index contributed by atoms with van der Waals surface area (Å²) in [5.74, 6) is 0.997.